The van der Waals surface area contributed by atoms with Gasteiger partial charge in [-0.05, 0) is 13.0 Å². The Bertz CT molecular complexity index is 464. The number of ether oxygens (including phenoxy) is 1. The molecule has 0 aliphatic heterocycles. The van der Waals surface area contributed by atoms with Gasteiger partial charge in [-0.2, -0.15) is 0 Å². The predicted octanol–water partition coefficient (Wildman–Crippen LogP) is 0.779. The number of rotatable bonds is 6. The van der Waals surface area contributed by atoms with E-state index < -0.39 is 4.92 Å². The summed E-state index contributed by atoms with van der Waals surface area (Å²) < 4.78 is 5.24. The Balaban J connectivity index is 2.59. The maximum Gasteiger partial charge on any atom is 0.273 e. The monoisotopic (exact) mass is 267 g/mol. The van der Waals surface area contributed by atoms with E-state index in [1.807, 2.05) is 6.92 Å². The number of hydrogen-bond donors (Lipinski definition) is 1. The van der Waals surface area contributed by atoms with Crippen molar-refractivity contribution in [2.75, 3.05) is 20.2 Å². The summed E-state index contributed by atoms with van der Waals surface area (Å²) >= 11 is 0. The molecule has 7 heteroatoms. The van der Waals surface area contributed by atoms with Crippen molar-refractivity contribution in [2.45, 2.75) is 13.0 Å². The molecule has 0 aromatic heterocycles. The van der Waals surface area contributed by atoms with Crippen molar-refractivity contribution in [1.29, 1.82) is 0 Å². The summed E-state index contributed by atoms with van der Waals surface area (Å²) in [6.45, 7) is 2.01. The number of carbonyl (C=O) groups excluding carboxylic acids is 1. The fraction of sp³-hybridized carbons (Fsp3) is 0.417. The van der Waals surface area contributed by atoms with Gasteiger partial charge in [0.05, 0.1) is 11.0 Å². The molecule has 19 heavy (non-hydrogen) atoms. The fourth-order valence-electron chi connectivity index (χ4n) is 1.34. The molecule has 1 rings (SSSR count). The SMILES string of the molecule is CC(CN)N(C)C(=O)COc1cccc([N+](=O)[O-])c1. The highest BCUT2D eigenvalue weighted by molar-refractivity contribution is 5.77. The van der Waals surface area contributed by atoms with E-state index >= 15 is 0 Å². The third kappa shape index (κ3) is 4.22. The Morgan fingerprint density at radius 3 is 2.84 bits per heavy atom. The van der Waals surface area contributed by atoms with Gasteiger partial charge in [0.15, 0.2) is 6.61 Å². The number of hydrogen-bond acceptors (Lipinski definition) is 5. The average molecular weight is 267 g/mol. The van der Waals surface area contributed by atoms with Gasteiger partial charge in [-0.15, -0.1) is 0 Å². The molecule has 1 aromatic rings. The molecule has 0 fully saturated rings. The van der Waals surface area contributed by atoms with Gasteiger partial charge in [0, 0.05) is 25.7 Å². The van der Waals surface area contributed by atoms with Gasteiger partial charge in [-0.1, -0.05) is 6.07 Å². The minimum Gasteiger partial charge on any atom is -0.484 e. The van der Waals surface area contributed by atoms with Crippen molar-refractivity contribution in [3.8, 4) is 5.75 Å². The van der Waals surface area contributed by atoms with Crippen LogP contribution in [0.3, 0.4) is 0 Å². The first-order valence-electron chi connectivity index (χ1n) is 5.78. The first-order chi connectivity index (χ1) is 8.95. The highest BCUT2D eigenvalue weighted by Gasteiger charge is 2.15. The molecule has 0 aliphatic carbocycles. The lowest BCUT2D eigenvalue weighted by Gasteiger charge is -2.23. The van der Waals surface area contributed by atoms with Crippen molar-refractivity contribution in [3.63, 3.8) is 0 Å². The van der Waals surface area contributed by atoms with Crippen molar-refractivity contribution in [1.82, 2.24) is 4.90 Å². The molecular formula is C12H17N3O4. The van der Waals surface area contributed by atoms with E-state index in [0.717, 1.165) is 0 Å². The minimum absolute atomic E-state index is 0.0753. The fourth-order valence-corrected chi connectivity index (χ4v) is 1.34. The van der Waals surface area contributed by atoms with Crippen LogP contribution >= 0.6 is 0 Å². The predicted molar refractivity (Wildman–Crippen MR) is 69.9 cm³/mol. The number of nitrogens with zero attached hydrogens (tertiary/aromatic N) is 2. The standard InChI is InChI=1S/C12H17N3O4/c1-9(7-13)14(2)12(16)8-19-11-5-3-4-10(6-11)15(17)18/h3-6,9H,7-8,13H2,1-2H3. The zero-order valence-electron chi connectivity index (χ0n) is 10.9. The van der Waals surface area contributed by atoms with Gasteiger partial charge < -0.3 is 15.4 Å². The number of non-ortho nitro benzene ring substituents is 1. The molecule has 1 amide bonds. The Morgan fingerprint density at radius 1 is 1.58 bits per heavy atom. The van der Waals surface area contributed by atoms with E-state index in [1.165, 1.54) is 23.1 Å². The molecule has 0 bridgehead atoms. The second kappa shape index (κ2) is 6.69. The van der Waals surface area contributed by atoms with Crippen molar-refractivity contribution >= 4 is 11.6 Å². The van der Waals surface area contributed by atoms with Gasteiger partial charge >= 0.3 is 0 Å². The quantitative estimate of drug-likeness (QED) is 0.606. The molecule has 1 aromatic carbocycles. The molecule has 1 atom stereocenters. The number of benzene rings is 1. The molecule has 104 valence electrons. The van der Waals surface area contributed by atoms with Crippen LogP contribution in [0.15, 0.2) is 24.3 Å². The molecule has 0 heterocycles. The van der Waals surface area contributed by atoms with E-state index in [1.54, 1.807) is 13.1 Å². The second-order valence-corrected chi connectivity index (χ2v) is 4.13. The Morgan fingerprint density at radius 2 is 2.26 bits per heavy atom. The van der Waals surface area contributed by atoms with Crippen LogP contribution in [0.2, 0.25) is 0 Å². The largest absolute Gasteiger partial charge is 0.484 e. The van der Waals surface area contributed by atoms with E-state index in [9.17, 15) is 14.9 Å². The zero-order chi connectivity index (χ0) is 14.4. The summed E-state index contributed by atoms with van der Waals surface area (Å²) in [5, 5.41) is 10.6. The van der Waals surface area contributed by atoms with E-state index in [0.29, 0.717) is 6.54 Å². The first kappa shape index (κ1) is 14.9. The maximum atomic E-state index is 11.7. The summed E-state index contributed by atoms with van der Waals surface area (Å²) in [5.74, 6) is 0.0563. The Kier molecular flexibility index (Phi) is 5.25. The number of nitro groups is 1. The van der Waals surface area contributed by atoms with Gasteiger partial charge in [-0.3, -0.25) is 14.9 Å². The smallest absolute Gasteiger partial charge is 0.273 e. The molecule has 2 N–H and O–H groups in total. The lowest BCUT2D eigenvalue weighted by Crippen LogP contribution is -2.42. The number of amides is 1. The van der Waals surface area contributed by atoms with Gasteiger partial charge in [0.1, 0.15) is 5.75 Å². The van der Waals surface area contributed by atoms with Crippen molar-refractivity contribution in [2.24, 2.45) is 5.73 Å². The van der Waals surface area contributed by atoms with Crippen LogP contribution in [-0.4, -0.2) is 42.0 Å². The summed E-state index contributed by atoms with van der Waals surface area (Å²) in [7, 11) is 1.64. The Hall–Kier alpha value is -2.15. The number of carbonyl (C=O) groups is 1. The molecule has 0 saturated carbocycles. The Labute approximate surface area is 111 Å². The second-order valence-electron chi connectivity index (χ2n) is 4.13. The third-order valence-electron chi connectivity index (χ3n) is 2.79. The van der Waals surface area contributed by atoms with Crippen LogP contribution in [0.25, 0.3) is 0 Å². The van der Waals surface area contributed by atoms with Crippen LogP contribution in [0.1, 0.15) is 6.92 Å². The van der Waals surface area contributed by atoms with E-state index in [2.05, 4.69) is 0 Å². The summed E-state index contributed by atoms with van der Waals surface area (Å²) in [4.78, 5) is 23.3. The van der Waals surface area contributed by atoms with Crippen LogP contribution in [-0.2, 0) is 4.79 Å². The third-order valence-corrected chi connectivity index (χ3v) is 2.79. The molecule has 7 nitrogen and oxygen atoms in total. The molecule has 0 aliphatic rings. The molecule has 0 spiro atoms. The zero-order valence-corrected chi connectivity index (χ0v) is 10.9. The highest BCUT2D eigenvalue weighted by Crippen LogP contribution is 2.19. The topological polar surface area (TPSA) is 98.7 Å². The first-order valence-corrected chi connectivity index (χ1v) is 5.78. The summed E-state index contributed by atoms with van der Waals surface area (Å²) in [6, 6.07) is 5.62. The average Bonchev–Trinajstić information content (AvgIpc) is 2.43. The molecular weight excluding hydrogens is 250 g/mol. The lowest BCUT2D eigenvalue weighted by molar-refractivity contribution is -0.384. The minimum atomic E-state index is -0.517. The normalized spacial score (nSPS) is 11.7. The summed E-state index contributed by atoms with van der Waals surface area (Å²) in [6.07, 6.45) is 0. The number of nitro benzene ring substituents is 1. The number of likely N-dealkylation sites (N-methyl/N-ethyl adjacent to an activating group) is 1. The van der Waals surface area contributed by atoms with Crippen LogP contribution in [0.5, 0.6) is 5.75 Å². The van der Waals surface area contributed by atoms with Crippen LogP contribution < -0.4 is 10.5 Å². The van der Waals surface area contributed by atoms with Crippen molar-refractivity contribution < 1.29 is 14.5 Å². The molecule has 0 radical (unpaired) electrons. The summed E-state index contributed by atoms with van der Waals surface area (Å²) in [5.41, 5.74) is 5.39. The lowest BCUT2D eigenvalue weighted by atomic mass is 10.3. The highest BCUT2D eigenvalue weighted by atomic mass is 16.6. The maximum absolute atomic E-state index is 11.7. The van der Waals surface area contributed by atoms with Crippen LogP contribution in [0, 0.1) is 10.1 Å². The van der Waals surface area contributed by atoms with Crippen molar-refractivity contribution in [3.05, 3.63) is 34.4 Å². The van der Waals surface area contributed by atoms with Gasteiger partial charge in [0.25, 0.3) is 11.6 Å². The molecule has 0 saturated heterocycles. The van der Waals surface area contributed by atoms with E-state index in [-0.39, 0.29) is 30.0 Å². The van der Waals surface area contributed by atoms with E-state index in [4.69, 9.17) is 10.5 Å². The van der Waals surface area contributed by atoms with Gasteiger partial charge in [-0.25, -0.2) is 0 Å². The van der Waals surface area contributed by atoms with Gasteiger partial charge in [0.2, 0.25) is 0 Å². The molecule has 1 unspecified atom stereocenters. The number of nitrogens with two attached hydrogens (primary N) is 1. The van der Waals surface area contributed by atoms with Crippen LogP contribution in [0.4, 0.5) is 5.69 Å².